The molecule has 1 unspecified atom stereocenters. The predicted octanol–water partition coefficient (Wildman–Crippen LogP) is 9.15. The van der Waals surface area contributed by atoms with Gasteiger partial charge in [0.05, 0.1) is 0 Å². The molecule has 0 saturated heterocycles. The van der Waals surface area contributed by atoms with Crippen LogP contribution in [0.2, 0.25) is 0 Å². The Labute approximate surface area is 208 Å². The first-order valence-corrected chi connectivity index (χ1v) is 15.9. The molecule has 0 heterocycles. The minimum absolute atomic E-state index is 0.215. The molecule has 0 amide bonds. The number of hydrogen-bond acceptors (Lipinski definition) is 2. The summed E-state index contributed by atoms with van der Waals surface area (Å²) in [4.78, 5) is 14.2. The van der Waals surface area contributed by atoms with Gasteiger partial charge in [-0.25, -0.2) is 0 Å². The fraction of sp³-hybridized carbons (Fsp3) is 0.556. The number of thiocarbonyl (C=S) groups is 1. The van der Waals surface area contributed by atoms with Gasteiger partial charge < -0.3 is 0 Å². The number of carbonyl (C=O) groups excluding carboxylic acids is 1. The van der Waals surface area contributed by atoms with Gasteiger partial charge in [0.1, 0.15) is 0 Å². The van der Waals surface area contributed by atoms with Crippen molar-refractivity contribution in [2.75, 3.05) is 0 Å². The number of aryl methyl sites for hydroxylation is 1. The van der Waals surface area contributed by atoms with E-state index in [-0.39, 0.29) is 11.0 Å². The van der Waals surface area contributed by atoms with Gasteiger partial charge in [-0.15, -0.1) is 0 Å². The molecule has 1 nitrogen and oxygen atoms in total. The number of halogens is 4. The second-order valence-electron chi connectivity index (χ2n) is 9.43. The van der Waals surface area contributed by atoms with Crippen LogP contribution in [0.4, 0.5) is 13.2 Å². The standard InChI is InChI=1S/C27H34F3IOS/c1-20-12-13-23(18-24(20)27(28,29)30)19-31(21(2)33)25(32)26(15-8-3-4-9-16-26)17-14-22-10-6-5-7-11-22/h5-7,10,12-13,18,22H,3-4,8-9,11,14-17,19H2,1-2H3. The summed E-state index contributed by atoms with van der Waals surface area (Å²) in [6.07, 6.45) is 13.3. The number of benzene rings is 1. The zero-order valence-corrected chi connectivity index (χ0v) is 22.5. The second kappa shape index (κ2) is 11.6. The zero-order valence-electron chi connectivity index (χ0n) is 19.5. The van der Waals surface area contributed by atoms with Crippen molar-refractivity contribution in [3.63, 3.8) is 0 Å². The molecule has 33 heavy (non-hydrogen) atoms. The molecule has 0 aromatic heterocycles. The van der Waals surface area contributed by atoms with Crippen molar-refractivity contribution in [1.82, 2.24) is 0 Å². The Bertz CT molecular complexity index is 910. The average Bonchev–Trinajstić information content (AvgIpc) is 3.03. The summed E-state index contributed by atoms with van der Waals surface area (Å²) in [6.45, 7) is 3.32. The first-order chi connectivity index (χ1) is 15.6. The van der Waals surface area contributed by atoms with E-state index in [9.17, 15) is 18.0 Å². The first kappa shape index (κ1) is 26.6. The molecule has 6 heteroatoms. The van der Waals surface area contributed by atoms with Crippen molar-refractivity contribution in [3.05, 3.63) is 59.2 Å². The Kier molecular flexibility index (Phi) is 9.35. The van der Waals surface area contributed by atoms with Gasteiger partial charge in [0, 0.05) is 0 Å². The summed E-state index contributed by atoms with van der Waals surface area (Å²) in [5.74, 6) is 0.463. The number of rotatable bonds is 8. The normalized spacial score (nSPS) is 20.9. The van der Waals surface area contributed by atoms with Crippen LogP contribution in [0.3, 0.4) is 0 Å². The third-order valence-electron chi connectivity index (χ3n) is 6.96. The summed E-state index contributed by atoms with van der Waals surface area (Å²) in [7, 11) is 0. The molecule has 0 spiro atoms. The van der Waals surface area contributed by atoms with Crippen LogP contribution in [-0.4, -0.2) is 6.66 Å². The van der Waals surface area contributed by atoms with Gasteiger partial charge in [0.2, 0.25) is 0 Å². The van der Waals surface area contributed by atoms with Crippen LogP contribution in [0, 0.1) is 18.3 Å². The third-order valence-corrected chi connectivity index (χ3v) is 14.0. The molecular weight excluding hydrogens is 556 g/mol. The topological polar surface area (TPSA) is 17.1 Å². The summed E-state index contributed by atoms with van der Waals surface area (Å²) in [5.41, 5.74) is -0.146. The van der Waals surface area contributed by atoms with Crippen molar-refractivity contribution >= 4 is 38.7 Å². The number of alkyl halides is 4. The Balaban J connectivity index is 1.86. The van der Waals surface area contributed by atoms with Gasteiger partial charge in [-0.2, -0.15) is 0 Å². The second-order valence-corrected chi connectivity index (χ2v) is 16.2. The summed E-state index contributed by atoms with van der Waals surface area (Å²) in [5, 5.41) is 0. The van der Waals surface area contributed by atoms with E-state index in [0.29, 0.717) is 19.7 Å². The molecular formula is C27H34F3IOS. The van der Waals surface area contributed by atoms with Crippen molar-refractivity contribution in [2.24, 2.45) is 11.3 Å². The predicted molar refractivity (Wildman–Crippen MR) is 143 cm³/mol. The van der Waals surface area contributed by atoms with Gasteiger partial charge >= 0.3 is 209 Å². The van der Waals surface area contributed by atoms with Crippen LogP contribution in [0.1, 0.15) is 81.4 Å². The molecule has 1 aromatic rings. The average molecular weight is 591 g/mol. The van der Waals surface area contributed by atoms with E-state index in [1.807, 2.05) is 6.92 Å². The summed E-state index contributed by atoms with van der Waals surface area (Å²) >= 11 is 3.11. The molecule has 0 bridgehead atoms. The zero-order chi connectivity index (χ0) is 24.1. The van der Waals surface area contributed by atoms with Crippen molar-refractivity contribution in [2.45, 2.75) is 82.2 Å². The molecule has 1 atom stereocenters. The van der Waals surface area contributed by atoms with E-state index in [2.05, 4.69) is 24.3 Å². The fourth-order valence-corrected chi connectivity index (χ4v) is 10.9. The molecule has 182 valence electrons. The minimum atomic E-state index is -4.39. The van der Waals surface area contributed by atoms with Crippen LogP contribution in [0.25, 0.3) is 0 Å². The van der Waals surface area contributed by atoms with Crippen molar-refractivity contribution < 1.29 is 18.0 Å². The van der Waals surface area contributed by atoms with Crippen molar-refractivity contribution in [1.29, 1.82) is 0 Å². The monoisotopic (exact) mass is 590 g/mol. The summed E-state index contributed by atoms with van der Waals surface area (Å²) < 4.78 is 41.8. The molecule has 1 saturated carbocycles. The van der Waals surface area contributed by atoms with E-state index in [4.69, 9.17) is 12.2 Å². The van der Waals surface area contributed by atoms with E-state index in [1.165, 1.54) is 19.1 Å². The van der Waals surface area contributed by atoms with E-state index >= 15 is 0 Å². The van der Waals surface area contributed by atoms with Crippen LogP contribution in [0.5, 0.6) is 0 Å². The van der Waals surface area contributed by atoms with Crippen molar-refractivity contribution in [3.8, 4) is 0 Å². The first-order valence-electron chi connectivity index (χ1n) is 11.8. The molecule has 2 aliphatic rings. The number of carbonyl (C=O) groups is 1. The van der Waals surface area contributed by atoms with Gasteiger partial charge in [0.25, 0.3) is 0 Å². The number of hydrogen-bond donors (Lipinski definition) is 0. The molecule has 1 aromatic carbocycles. The maximum absolute atomic E-state index is 14.2. The van der Waals surface area contributed by atoms with Crippen LogP contribution in [-0.2, 0) is 15.4 Å². The molecule has 0 aliphatic heterocycles. The molecule has 0 radical (unpaired) electrons. The number of allylic oxidation sites excluding steroid dienone is 4. The molecule has 2 aliphatic carbocycles. The fourth-order valence-electron chi connectivity index (χ4n) is 4.99. The van der Waals surface area contributed by atoms with E-state index < -0.39 is 31.6 Å². The van der Waals surface area contributed by atoms with E-state index in [1.54, 1.807) is 6.07 Å². The van der Waals surface area contributed by atoms with Crippen LogP contribution in [0.15, 0.2) is 42.5 Å². The van der Waals surface area contributed by atoms with Gasteiger partial charge in [0.15, 0.2) is 0 Å². The Morgan fingerprint density at radius 3 is 2.42 bits per heavy atom. The third kappa shape index (κ3) is 7.00. The summed E-state index contributed by atoms with van der Waals surface area (Å²) in [6, 6.07) is 4.52. The van der Waals surface area contributed by atoms with Gasteiger partial charge in [-0.3, -0.25) is 0 Å². The van der Waals surface area contributed by atoms with Gasteiger partial charge in [-0.05, 0) is 0 Å². The quantitative estimate of drug-likeness (QED) is 0.0988. The van der Waals surface area contributed by atoms with E-state index in [0.717, 1.165) is 60.7 Å². The molecule has 3 rings (SSSR count). The Hall–Kier alpha value is -1.02. The van der Waals surface area contributed by atoms with Crippen LogP contribution >= 0.6 is 32.0 Å². The Morgan fingerprint density at radius 1 is 1.15 bits per heavy atom. The van der Waals surface area contributed by atoms with Gasteiger partial charge in [-0.1, -0.05) is 0 Å². The molecule has 1 fully saturated rings. The molecule has 0 N–H and O–H groups in total. The SMILES string of the molecule is CC(=S)I(Cc1ccc(C)c(C(F)(F)F)c1)C(=O)C1(CCC2C=CC=CC2)CCCCCC1. The maximum atomic E-state index is 14.2. The Morgan fingerprint density at radius 2 is 1.85 bits per heavy atom. The van der Waals surface area contributed by atoms with Crippen LogP contribution < -0.4 is 0 Å².